The molecular weight excluding hydrogens is 492 g/mol. The van der Waals surface area contributed by atoms with Crippen LogP contribution in [0.2, 0.25) is 0 Å². The van der Waals surface area contributed by atoms with Crippen molar-refractivity contribution in [1.82, 2.24) is 19.6 Å². The molecule has 2 heterocycles. The summed E-state index contributed by atoms with van der Waals surface area (Å²) >= 11 is 0. The third-order valence-corrected chi connectivity index (χ3v) is 6.92. The van der Waals surface area contributed by atoms with Gasteiger partial charge in [0.1, 0.15) is 0 Å². The number of benzene rings is 2. The molecule has 2 aromatic carbocycles. The lowest BCUT2D eigenvalue weighted by molar-refractivity contribution is 0.102. The molecule has 1 fully saturated rings. The van der Waals surface area contributed by atoms with Gasteiger partial charge in [-0.2, -0.15) is 0 Å². The molecule has 0 saturated heterocycles. The number of anilines is 2. The number of pyridine rings is 1. The first kappa shape index (κ1) is 26.4. The minimum Gasteiger partial charge on any atom is -0.392 e. The summed E-state index contributed by atoms with van der Waals surface area (Å²) in [6.45, 7) is 1.15. The van der Waals surface area contributed by atoms with E-state index in [-0.39, 0.29) is 18.5 Å². The number of carbonyl (C=O) groups excluding carboxylic acids is 2. The molecule has 4 aromatic rings. The van der Waals surface area contributed by atoms with Crippen molar-refractivity contribution >= 4 is 29.0 Å². The Balaban J connectivity index is 1.38. The van der Waals surface area contributed by atoms with E-state index in [9.17, 15) is 14.7 Å². The van der Waals surface area contributed by atoms with Crippen molar-refractivity contribution in [3.63, 3.8) is 0 Å². The molecule has 0 atom stereocenters. The van der Waals surface area contributed by atoms with Crippen LogP contribution in [0.25, 0.3) is 16.8 Å². The normalized spacial score (nSPS) is 13.0. The van der Waals surface area contributed by atoms with Crippen molar-refractivity contribution in [2.45, 2.75) is 31.8 Å². The number of nitrogens with zero attached hydrogens (tertiary/aromatic N) is 3. The summed E-state index contributed by atoms with van der Waals surface area (Å²) in [7, 11) is 3.99. The molecule has 4 N–H and O–H groups in total. The zero-order valence-corrected chi connectivity index (χ0v) is 22.3. The van der Waals surface area contributed by atoms with Crippen LogP contribution in [0.1, 0.15) is 46.7 Å². The van der Waals surface area contributed by atoms with Crippen LogP contribution in [0.15, 0.2) is 67.1 Å². The molecule has 0 spiro atoms. The number of aromatic nitrogens is 2. The summed E-state index contributed by atoms with van der Waals surface area (Å²) < 4.78 is 1.82. The van der Waals surface area contributed by atoms with E-state index in [1.54, 1.807) is 18.5 Å². The van der Waals surface area contributed by atoms with Gasteiger partial charge in [-0.1, -0.05) is 24.3 Å². The summed E-state index contributed by atoms with van der Waals surface area (Å²) in [5.74, 6) is 0.392. The van der Waals surface area contributed by atoms with Gasteiger partial charge in [0.15, 0.2) is 5.65 Å². The van der Waals surface area contributed by atoms with Crippen LogP contribution in [-0.2, 0) is 6.61 Å². The van der Waals surface area contributed by atoms with Crippen LogP contribution in [-0.4, -0.2) is 58.5 Å². The van der Waals surface area contributed by atoms with Crippen molar-refractivity contribution < 1.29 is 14.7 Å². The van der Waals surface area contributed by atoms with Crippen molar-refractivity contribution in [2.75, 3.05) is 37.8 Å². The number of aliphatic hydroxyl groups is 1. The first-order valence-electron chi connectivity index (χ1n) is 13.2. The number of rotatable bonds is 10. The van der Waals surface area contributed by atoms with Crippen molar-refractivity contribution in [3.05, 3.63) is 83.8 Å². The molecule has 3 amide bonds. The summed E-state index contributed by atoms with van der Waals surface area (Å²) in [4.78, 5) is 32.1. The summed E-state index contributed by atoms with van der Waals surface area (Å²) in [5, 5.41) is 19.1. The van der Waals surface area contributed by atoms with E-state index in [4.69, 9.17) is 0 Å². The SMILES string of the molecule is CN(C)CCCNC(=O)Nc1cc(-c2cccc(NC(=O)c3ccc(C4CC4)cc3)c2CO)cn2ccnc12. The lowest BCUT2D eigenvalue weighted by Crippen LogP contribution is -2.31. The van der Waals surface area contributed by atoms with Gasteiger partial charge in [-0.05, 0) is 81.2 Å². The second-order valence-corrected chi connectivity index (χ2v) is 10.2. The zero-order valence-electron chi connectivity index (χ0n) is 22.3. The van der Waals surface area contributed by atoms with E-state index in [2.05, 4.69) is 25.8 Å². The van der Waals surface area contributed by atoms with Gasteiger partial charge in [0.2, 0.25) is 0 Å². The van der Waals surface area contributed by atoms with Gasteiger partial charge in [-0.25, -0.2) is 9.78 Å². The first-order valence-corrected chi connectivity index (χ1v) is 13.2. The quantitative estimate of drug-likeness (QED) is 0.224. The summed E-state index contributed by atoms with van der Waals surface area (Å²) in [6, 6.07) is 14.8. The molecule has 0 unspecified atom stereocenters. The third kappa shape index (κ3) is 6.27. The van der Waals surface area contributed by atoms with Gasteiger partial charge in [0.25, 0.3) is 5.91 Å². The predicted octanol–water partition coefficient (Wildman–Crippen LogP) is 4.70. The second kappa shape index (κ2) is 11.7. The van der Waals surface area contributed by atoms with E-state index in [0.717, 1.165) is 24.1 Å². The number of hydrogen-bond acceptors (Lipinski definition) is 5. The first-order chi connectivity index (χ1) is 18.9. The number of aliphatic hydroxyl groups excluding tert-OH is 1. The zero-order chi connectivity index (χ0) is 27.4. The number of urea groups is 1. The topological polar surface area (TPSA) is 111 Å². The second-order valence-electron chi connectivity index (χ2n) is 10.2. The van der Waals surface area contributed by atoms with Crippen LogP contribution >= 0.6 is 0 Å². The molecule has 1 aliphatic rings. The van der Waals surface area contributed by atoms with Gasteiger partial charge in [-0.15, -0.1) is 0 Å². The highest BCUT2D eigenvalue weighted by molar-refractivity contribution is 6.05. The average molecular weight is 527 g/mol. The Morgan fingerprint density at radius 3 is 2.59 bits per heavy atom. The third-order valence-electron chi connectivity index (χ3n) is 6.92. The maximum absolute atomic E-state index is 13.0. The Morgan fingerprint density at radius 1 is 1.08 bits per heavy atom. The van der Waals surface area contributed by atoms with Gasteiger partial charge >= 0.3 is 6.03 Å². The average Bonchev–Trinajstić information content (AvgIpc) is 3.67. The minimum absolute atomic E-state index is 0.234. The fourth-order valence-electron chi connectivity index (χ4n) is 4.70. The number of amides is 3. The lowest BCUT2D eigenvalue weighted by atomic mass is 9.99. The minimum atomic E-state index is -0.313. The molecule has 39 heavy (non-hydrogen) atoms. The van der Waals surface area contributed by atoms with E-state index in [1.807, 2.05) is 67.2 Å². The Kier molecular flexibility index (Phi) is 7.90. The van der Waals surface area contributed by atoms with E-state index in [0.29, 0.717) is 40.6 Å². The number of imidazole rings is 1. The molecular formula is C30H34N6O3. The number of nitrogens with one attached hydrogen (secondary N) is 3. The fourth-order valence-corrected chi connectivity index (χ4v) is 4.70. The molecule has 202 valence electrons. The van der Waals surface area contributed by atoms with Gasteiger partial charge in [0, 0.05) is 47.5 Å². The van der Waals surface area contributed by atoms with Crippen molar-refractivity contribution in [3.8, 4) is 11.1 Å². The number of fused-ring (bicyclic) bond motifs is 1. The fraction of sp³-hybridized carbons (Fsp3) is 0.300. The molecule has 5 rings (SSSR count). The van der Waals surface area contributed by atoms with Crippen LogP contribution in [0.3, 0.4) is 0 Å². The summed E-state index contributed by atoms with van der Waals surface area (Å²) in [6.07, 6.45) is 8.61. The Hall–Kier alpha value is -4.21. The lowest BCUT2D eigenvalue weighted by Gasteiger charge is -2.16. The highest BCUT2D eigenvalue weighted by atomic mass is 16.3. The van der Waals surface area contributed by atoms with Crippen molar-refractivity contribution in [1.29, 1.82) is 0 Å². The molecule has 1 aliphatic carbocycles. The Bertz CT molecular complexity index is 1470. The van der Waals surface area contributed by atoms with Gasteiger partial charge < -0.3 is 30.4 Å². The number of carbonyl (C=O) groups is 2. The smallest absolute Gasteiger partial charge is 0.319 e. The van der Waals surface area contributed by atoms with E-state index >= 15 is 0 Å². The maximum atomic E-state index is 13.0. The highest BCUT2D eigenvalue weighted by Gasteiger charge is 2.23. The molecule has 0 bridgehead atoms. The van der Waals surface area contributed by atoms with Gasteiger partial charge in [-0.3, -0.25) is 4.79 Å². The Labute approximate surface area is 227 Å². The molecule has 2 aromatic heterocycles. The number of hydrogen-bond donors (Lipinski definition) is 4. The highest BCUT2D eigenvalue weighted by Crippen LogP contribution is 2.40. The maximum Gasteiger partial charge on any atom is 0.319 e. The van der Waals surface area contributed by atoms with E-state index < -0.39 is 0 Å². The van der Waals surface area contributed by atoms with Crippen molar-refractivity contribution in [2.24, 2.45) is 0 Å². The largest absolute Gasteiger partial charge is 0.392 e. The molecule has 0 radical (unpaired) electrons. The van der Waals surface area contributed by atoms with Crippen LogP contribution in [0.5, 0.6) is 0 Å². The monoisotopic (exact) mass is 526 g/mol. The van der Waals surface area contributed by atoms with Crippen LogP contribution < -0.4 is 16.0 Å². The molecule has 9 nitrogen and oxygen atoms in total. The molecule has 9 heteroatoms. The van der Waals surface area contributed by atoms with Crippen LogP contribution in [0, 0.1) is 0 Å². The molecule has 1 saturated carbocycles. The summed E-state index contributed by atoms with van der Waals surface area (Å²) in [5.41, 5.74) is 5.59. The van der Waals surface area contributed by atoms with E-state index in [1.165, 1.54) is 18.4 Å². The molecule has 0 aliphatic heterocycles. The Morgan fingerprint density at radius 2 is 1.87 bits per heavy atom. The standard InChI is InChI=1S/C30H34N6O3/c1-35(2)15-4-13-32-30(39)34-27-17-23(18-36-16-14-31-28(27)36)24-5-3-6-26(25(24)19-37)33-29(38)22-11-9-21(10-12-22)20-7-8-20/h3,5-6,9-12,14,16-18,20,37H,4,7-8,13,15,19H2,1-2H3,(H,33,38)(H2,32,34,39). The van der Waals surface area contributed by atoms with Gasteiger partial charge in [0.05, 0.1) is 12.3 Å². The van der Waals surface area contributed by atoms with Crippen LogP contribution in [0.4, 0.5) is 16.2 Å². The predicted molar refractivity (Wildman–Crippen MR) is 153 cm³/mol.